The number of carboxylic acids is 1. The van der Waals surface area contributed by atoms with Crippen molar-refractivity contribution in [1.29, 1.82) is 0 Å². The van der Waals surface area contributed by atoms with Gasteiger partial charge in [0.25, 0.3) is 0 Å². The van der Waals surface area contributed by atoms with Crippen molar-refractivity contribution in [2.45, 2.75) is 24.2 Å². The zero-order valence-corrected chi connectivity index (χ0v) is 19.9. The molecule has 0 spiro atoms. The van der Waals surface area contributed by atoms with E-state index in [1.807, 2.05) is 6.26 Å². The van der Waals surface area contributed by atoms with Crippen molar-refractivity contribution in [2.75, 3.05) is 37.2 Å². The number of nitrogens with zero attached hydrogens (tertiary/aromatic N) is 4. The molecule has 0 aliphatic carbocycles. The van der Waals surface area contributed by atoms with Crippen LogP contribution in [0.1, 0.15) is 34.6 Å². The van der Waals surface area contributed by atoms with Gasteiger partial charge in [0.1, 0.15) is 22.8 Å². The molecular weight excluding hydrogens is 459 g/mol. The summed E-state index contributed by atoms with van der Waals surface area (Å²) < 4.78 is 4.78. The van der Waals surface area contributed by atoms with E-state index in [1.165, 1.54) is 35.9 Å². The number of ether oxygens (including phenoxy) is 1. The molecule has 13 nitrogen and oxygen atoms in total. The Morgan fingerprint density at radius 2 is 1.38 bits per heavy atom. The molecule has 0 saturated carbocycles. The molecule has 2 rings (SSSR count). The fourth-order valence-corrected chi connectivity index (χ4v) is 2.18. The van der Waals surface area contributed by atoms with Crippen molar-refractivity contribution in [3.05, 3.63) is 23.5 Å². The second-order valence-electron chi connectivity index (χ2n) is 4.75. The number of aromatic nitrogens is 4. The van der Waals surface area contributed by atoms with Gasteiger partial charge in [-0.25, -0.2) is 34.4 Å². The Kier molecular flexibility index (Phi) is 21.1. The summed E-state index contributed by atoms with van der Waals surface area (Å²) >= 11 is 2.67. The molecule has 0 unspecified atom stereocenters. The van der Waals surface area contributed by atoms with Crippen molar-refractivity contribution >= 4 is 47.1 Å². The van der Waals surface area contributed by atoms with E-state index >= 15 is 0 Å². The van der Waals surface area contributed by atoms with Crippen LogP contribution in [0.5, 0.6) is 0 Å². The monoisotopic (exact) mass is 484 g/mol. The number of carbonyl (C=O) groups excluding carboxylic acids is 1. The number of aromatic carboxylic acids is 1. The number of nitrogens with two attached hydrogens (primary N) is 2. The molecule has 32 heavy (non-hydrogen) atoms. The largest absolute Gasteiger partial charge is 1.00 e. The molecule has 0 bridgehead atoms. The van der Waals surface area contributed by atoms with Gasteiger partial charge in [-0.15, -0.1) is 0 Å². The number of anilines is 2. The third kappa shape index (κ3) is 12.7. The van der Waals surface area contributed by atoms with Crippen LogP contribution in [-0.4, -0.2) is 73.4 Å². The number of nitrogen functional groups attached to an aromatic ring is 2. The predicted octanol–water partition coefficient (Wildman–Crippen LogP) is -1.24. The van der Waals surface area contributed by atoms with Crippen LogP contribution in [0.25, 0.3) is 0 Å². The normalized spacial score (nSPS) is 8.91. The Morgan fingerprint density at radius 1 is 0.969 bits per heavy atom. The Morgan fingerprint density at radius 3 is 1.66 bits per heavy atom. The molecule has 0 saturated heterocycles. The maximum absolute atomic E-state index is 11.3. The third-order valence-electron chi connectivity index (χ3n) is 2.81. The Hall–Kier alpha value is -2.12. The predicted molar refractivity (Wildman–Crippen MR) is 116 cm³/mol. The molecule has 0 amide bonds. The zero-order valence-electron chi connectivity index (χ0n) is 18.3. The van der Waals surface area contributed by atoms with E-state index in [4.69, 9.17) is 26.6 Å². The summed E-state index contributed by atoms with van der Waals surface area (Å²) in [4.78, 5) is 40.7. The second kappa shape index (κ2) is 19.6. The van der Waals surface area contributed by atoms with Crippen molar-refractivity contribution in [3.8, 4) is 0 Å². The molecule has 0 aliphatic rings. The van der Waals surface area contributed by atoms with Gasteiger partial charge in [0.2, 0.25) is 0 Å². The van der Waals surface area contributed by atoms with Crippen LogP contribution >= 0.6 is 23.5 Å². The number of esters is 1. The Bertz CT molecular complexity index is 833. The van der Waals surface area contributed by atoms with E-state index in [1.54, 1.807) is 20.1 Å². The molecule has 0 fully saturated rings. The Balaban J connectivity index is -0.000000431. The third-order valence-corrected chi connectivity index (χ3v) is 3.94. The first-order chi connectivity index (χ1) is 14.2. The van der Waals surface area contributed by atoms with Gasteiger partial charge >= 0.3 is 30.8 Å². The quantitative estimate of drug-likeness (QED) is 0.0938. The van der Waals surface area contributed by atoms with Crippen LogP contribution < -0.4 is 30.3 Å². The number of hydrogen-bond acceptors (Lipinski definition) is 14. The first-order valence-corrected chi connectivity index (χ1v) is 10.7. The molecular formula is C16H25LiN6O7S2. The average molecular weight is 484 g/mol. The summed E-state index contributed by atoms with van der Waals surface area (Å²) in [5, 5.41) is 16.9. The van der Waals surface area contributed by atoms with Crippen LogP contribution in [0.2, 0.25) is 0 Å². The number of carbonyl (C=O) groups is 2. The van der Waals surface area contributed by atoms with Crippen molar-refractivity contribution in [2.24, 2.45) is 0 Å². The number of rotatable bonds is 6. The van der Waals surface area contributed by atoms with Gasteiger partial charge in [0, 0.05) is 12.4 Å². The zero-order chi connectivity index (χ0) is 23.1. The maximum Gasteiger partial charge on any atom is 1.00 e. The number of thioether (sulfide) groups is 2. The fourth-order valence-electron chi connectivity index (χ4n) is 1.48. The molecule has 2 heterocycles. The summed E-state index contributed by atoms with van der Waals surface area (Å²) in [6.07, 6.45) is 6.21. The van der Waals surface area contributed by atoms with Crippen molar-refractivity contribution in [3.63, 3.8) is 0 Å². The summed E-state index contributed by atoms with van der Waals surface area (Å²) in [6, 6.07) is 0. The summed E-state index contributed by atoms with van der Waals surface area (Å²) in [6.45, 7) is 4.12. The number of carboxylic acid groups (broad SMARTS) is 1. The molecule has 2 aromatic heterocycles. The SMILES string of the molecule is CCOC(=O)c1cnc(SC)nc1N.CCOO.CSc1ncc(C(=O)O)c(N)n1.[Li+].[OH-]. The van der Waals surface area contributed by atoms with Gasteiger partial charge in [-0.05, 0) is 26.4 Å². The topological polar surface area (TPSA) is 227 Å². The molecule has 174 valence electrons. The summed E-state index contributed by atoms with van der Waals surface area (Å²) in [5.41, 5.74) is 11.1. The van der Waals surface area contributed by atoms with E-state index < -0.39 is 11.9 Å². The minimum atomic E-state index is -1.11. The van der Waals surface area contributed by atoms with Crippen LogP contribution in [0, 0.1) is 0 Å². The van der Waals surface area contributed by atoms with Gasteiger partial charge in [-0.3, -0.25) is 5.26 Å². The first kappa shape index (κ1) is 34.5. The Labute approximate surface area is 205 Å². The maximum atomic E-state index is 11.3. The smallest absolute Gasteiger partial charge is 0.870 e. The molecule has 0 aromatic carbocycles. The van der Waals surface area contributed by atoms with Crippen molar-refractivity contribution < 1.29 is 53.9 Å². The van der Waals surface area contributed by atoms with E-state index in [0.29, 0.717) is 23.5 Å². The summed E-state index contributed by atoms with van der Waals surface area (Å²) in [5.74, 6) is -1.44. The van der Waals surface area contributed by atoms with Crippen LogP contribution in [-0.2, 0) is 9.62 Å². The second-order valence-corrected chi connectivity index (χ2v) is 6.30. The number of hydrogen-bond donors (Lipinski definition) is 4. The van der Waals surface area contributed by atoms with Crippen LogP contribution in [0.15, 0.2) is 22.7 Å². The van der Waals surface area contributed by atoms with Gasteiger partial charge in [0.15, 0.2) is 10.3 Å². The van der Waals surface area contributed by atoms with Gasteiger partial charge in [-0.1, -0.05) is 23.5 Å². The van der Waals surface area contributed by atoms with Crippen LogP contribution in [0.4, 0.5) is 11.6 Å². The first-order valence-electron chi connectivity index (χ1n) is 8.25. The molecule has 0 atom stereocenters. The summed E-state index contributed by atoms with van der Waals surface area (Å²) in [7, 11) is 0. The molecule has 7 N–H and O–H groups in total. The molecule has 2 aromatic rings. The minimum Gasteiger partial charge on any atom is -0.870 e. The van der Waals surface area contributed by atoms with Gasteiger partial charge in [0.05, 0.1) is 13.2 Å². The van der Waals surface area contributed by atoms with E-state index in [0.717, 1.165) is 0 Å². The van der Waals surface area contributed by atoms with Crippen LogP contribution in [0.3, 0.4) is 0 Å². The van der Waals surface area contributed by atoms with Gasteiger partial charge in [-0.2, -0.15) is 0 Å². The van der Waals surface area contributed by atoms with E-state index in [-0.39, 0.29) is 47.1 Å². The molecule has 16 heteroatoms. The average Bonchev–Trinajstić information content (AvgIpc) is 2.73. The van der Waals surface area contributed by atoms with Crippen molar-refractivity contribution in [1.82, 2.24) is 19.9 Å². The fraction of sp³-hybridized carbons (Fsp3) is 0.375. The molecule has 0 radical (unpaired) electrons. The minimum absolute atomic E-state index is 0. The van der Waals surface area contributed by atoms with E-state index in [2.05, 4.69) is 24.8 Å². The van der Waals surface area contributed by atoms with E-state index in [9.17, 15) is 9.59 Å². The molecule has 0 aliphatic heterocycles. The van der Waals surface area contributed by atoms with Gasteiger partial charge < -0.3 is 26.8 Å². The standard InChI is InChI=1S/C8H11N3O2S.C6H7N3O2S.C2H6O2.Li.H2O/c1-3-13-7(12)5-4-10-8(14-2)11-6(5)9;1-12-6-8-2-3(5(10)11)4(7)9-6;1-2-4-3;;/h4H,3H2,1-2H3,(H2,9,10,11);2H,1H3,(H,10,11)(H2,7,8,9);3H,2H2,1H3;;1H2/q;;;+1;/p-1.